The molecule has 0 amide bonds. The van der Waals surface area contributed by atoms with Gasteiger partial charge in [-0.2, -0.15) is 5.26 Å². The van der Waals surface area contributed by atoms with Gasteiger partial charge in [0.05, 0.1) is 0 Å². The van der Waals surface area contributed by atoms with Gasteiger partial charge in [0.25, 0.3) is 0 Å². The maximum absolute atomic E-state index is 9.79. The molecule has 0 radical (unpaired) electrons. The van der Waals surface area contributed by atoms with Crippen LogP contribution in [0.4, 0.5) is 0 Å². The molecule has 0 unspecified atom stereocenters. The first-order valence-corrected chi connectivity index (χ1v) is 10.8. The minimum absolute atomic E-state index is 0.278. The van der Waals surface area contributed by atoms with Crippen molar-refractivity contribution in [2.45, 2.75) is 10.9 Å². The molecular formula is C25H17N5S. The molecule has 5 rings (SSSR count). The standard InChI is InChI=1S/C25H17N5S/c26-16-21-22-24(29-23(27-21)19-12-6-2-7-13-19)30(20-14-8-3-9-15-20)25(28-22)31-17-18-10-4-1-5-11-18/h1-15H,17H2. The summed E-state index contributed by atoms with van der Waals surface area (Å²) in [6, 6.07) is 32.1. The van der Waals surface area contributed by atoms with Crippen LogP contribution in [0.1, 0.15) is 11.3 Å². The Labute approximate surface area is 184 Å². The molecule has 5 aromatic rings. The Morgan fingerprint density at radius 3 is 2.10 bits per heavy atom. The van der Waals surface area contributed by atoms with Gasteiger partial charge in [0.1, 0.15) is 11.6 Å². The number of aromatic nitrogens is 4. The summed E-state index contributed by atoms with van der Waals surface area (Å²) in [5.41, 5.74) is 4.44. The maximum Gasteiger partial charge on any atom is 0.175 e. The number of hydrogen-bond acceptors (Lipinski definition) is 5. The van der Waals surface area contributed by atoms with Gasteiger partial charge in [-0.05, 0) is 17.7 Å². The molecule has 0 atom stereocenters. The summed E-state index contributed by atoms with van der Waals surface area (Å²) in [7, 11) is 0. The molecule has 0 saturated heterocycles. The largest absolute Gasteiger partial charge is 0.271 e. The second-order valence-electron chi connectivity index (χ2n) is 6.89. The third-order valence-electron chi connectivity index (χ3n) is 4.84. The lowest BCUT2D eigenvalue weighted by atomic mass is 10.2. The molecule has 0 fully saturated rings. The van der Waals surface area contributed by atoms with Crippen molar-refractivity contribution in [3.63, 3.8) is 0 Å². The van der Waals surface area contributed by atoms with Gasteiger partial charge in [-0.25, -0.2) is 15.0 Å². The number of thioether (sulfide) groups is 1. The van der Waals surface area contributed by atoms with E-state index in [4.69, 9.17) is 9.97 Å². The van der Waals surface area contributed by atoms with Crippen LogP contribution in [-0.2, 0) is 5.75 Å². The van der Waals surface area contributed by atoms with Crippen LogP contribution < -0.4 is 0 Å². The number of hydrogen-bond donors (Lipinski definition) is 0. The van der Waals surface area contributed by atoms with E-state index in [0.29, 0.717) is 17.0 Å². The summed E-state index contributed by atoms with van der Waals surface area (Å²) in [5.74, 6) is 1.28. The zero-order valence-electron chi connectivity index (χ0n) is 16.5. The topological polar surface area (TPSA) is 67.4 Å². The van der Waals surface area contributed by atoms with E-state index in [9.17, 15) is 5.26 Å². The fourth-order valence-corrected chi connectivity index (χ4v) is 4.33. The van der Waals surface area contributed by atoms with E-state index in [1.54, 1.807) is 11.8 Å². The lowest BCUT2D eigenvalue weighted by molar-refractivity contribution is 0.909. The molecule has 3 aromatic carbocycles. The van der Waals surface area contributed by atoms with Crippen molar-refractivity contribution < 1.29 is 0 Å². The molecule has 0 saturated carbocycles. The van der Waals surface area contributed by atoms with E-state index in [2.05, 4.69) is 23.2 Å². The van der Waals surface area contributed by atoms with Crippen molar-refractivity contribution in [3.05, 3.63) is 102 Å². The Kier molecular flexibility index (Phi) is 5.17. The summed E-state index contributed by atoms with van der Waals surface area (Å²) in [6.07, 6.45) is 0. The Balaban J connectivity index is 1.70. The van der Waals surface area contributed by atoms with Crippen LogP contribution in [0.25, 0.3) is 28.2 Å². The summed E-state index contributed by atoms with van der Waals surface area (Å²) in [4.78, 5) is 14.1. The first kappa shape index (κ1) is 19.0. The second-order valence-corrected chi connectivity index (χ2v) is 7.83. The SMILES string of the molecule is N#Cc1nc(-c2ccccc2)nc2c1nc(SCc1ccccc1)n2-c1ccccc1. The molecule has 2 heterocycles. The van der Waals surface area contributed by atoms with Gasteiger partial charge in [0.2, 0.25) is 0 Å². The van der Waals surface area contributed by atoms with Crippen LogP contribution in [0.3, 0.4) is 0 Å². The lowest BCUT2D eigenvalue weighted by Gasteiger charge is -2.09. The first-order valence-electron chi connectivity index (χ1n) is 9.81. The van der Waals surface area contributed by atoms with Gasteiger partial charge in [0, 0.05) is 17.0 Å². The Morgan fingerprint density at radius 2 is 1.42 bits per heavy atom. The average Bonchev–Trinajstić information content (AvgIpc) is 3.22. The van der Waals surface area contributed by atoms with Crippen molar-refractivity contribution in [2.75, 3.05) is 0 Å². The monoisotopic (exact) mass is 419 g/mol. The van der Waals surface area contributed by atoms with Gasteiger partial charge in [-0.1, -0.05) is 90.6 Å². The minimum atomic E-state index is 0.278. The number of fused-ring (bicyclic) bond motifs is 1. The van der Waals surface area contributed by atoms with Gasteiger partial charge in [0.15, 0.2) is 22.3 Å². The quantitative estimate of drug-likeness (QED) is 0.345. The van der Waals surface area contributed by atoms with Crippen molar-refractivity contribution >= 4 is 22.9 Å². The van der Waals surface area contributed by atoms with Gasteiger partial charge >= 0.3 is 0 Å². The fourth-order valence-electron chi connectivity index (χ4n) is 3.36. The zero-order valence-corrected chi connectivity index (χ0v) is 17.3. The molecule has 0 N–H and O–H groups in total. The fraction of sp³-hybridized carbons (Fsp3) is 0.0400. The smallest absolute Gasteiger partial charge is 0.175 e. The third-order valence-corrected chi connectivity index (χ3v) is 5.85. The molecule has 0 aliphatic carbocycles. The summed E-state index contributed by atoms with van der Waals surface area (Å²) in [5, 5.41) is 10.6. The molecule has 2 aromatic heterocycles. The number of nitriles is 1. The molecule has 0 spiro atoms. The number of rotatable bonds is 5. The van der Waals surface area contributed by atoms with Gasteiger partial charge < -0.3 is 0 Å². The predicted molar refractivity (Wildman–Crippen MR) is 123 cm³/mol. The molecule has 148 valence electrons. The van der Waals surface area contributed by atoms with Crippen LogP contribution in [0.5, 0.6) is 0 Å². The molecule has 0 aliphatic rings. The second kappa shape index (κ2) is 8.42. The highest BCUT2D eigenvalue weighted by atomic mass is 32.2. The van der Waals surface area contributed by atoms with Crippen LogP contribution in [-0.4, -0.2) is 19.5 Å². The van der Waals surface area contributed by atoms with E-state index in [1.807, 2.05) is 83.4 Å². The zero-order chi connectivity index (χ0) is 21.0. The van der Waals surface area contributed by atoms with Crippen molar-refractivity contribution in [1.29, 1.82) is 5.26 Å². The Bertz CT molecular complexity index is 1370. The van der Waals surface area contributed by atoms with Crippen LogP contribution in [0, 0.1) is 11.3 Å². The third kappa shape index (κ3) is 3.79. The highest BCUT2D eigenvalue weighted by Crippen LogP contribution is 2.31. The highest BCUT2D eigenvalue weighted by Gasteiger charge is 2.20. The molecule has 0 bridgehead atoms. The summed E-state index contributed by atoms with van der Waals surface area (Å²) < 4.78 is 2.01. The van der Waals surface area contributed by atoms with E-state index in [1.165, 1.54) is 5.56 Å². The normalized spacial score (nSPS) is 10.8. The first-order chi connectivity index (χ1) is 15.3. The molecule has 0 aliphatic heterocycles. The number of para-hydroxylation sites is 1. The molecule has 31 heavy (non-hydrogen) atoms. The molecule has 5 nitrogen and oxygen atoms in total. The molecule has 6 heteroatoms. The van der Waals surface area contributed by atoms with Crippen LogP contribution in [0.15, 0.2) is 96.2 Å². The van der Waals surface area contributed by atoms with Crippen molar-refractivity contribution in [1.82, 2.24) is 19.5 Å². The Hall–Kier alpha value is -3.95. The van der Waals surface area contributed by atoms with E-state index in [0.717, 1.165) is 22.2 Å². The number of imidazole rings is 1. The minimum Gasteiger partial charge on any atom is -0.271 e. The number of benzene rings is 3. The van der Waals surface area contributed by atoms with Gasteiger partial charge in [-0.3, -0.25) is 4.57 Å². The summed E-state index contributed by atoms with van der Waals surface area (Å²) >= 11 is 1.62. The maximum atomic E-state index is 9.79. The van der Waals surface area contributed by atoms with E-state index in [-0.39, 0.29) is 5.69 Å². The van der Waals surface area contributed by atoms with E-state index < -0.39 is 0 Å². The van der Waals surface area contributed by atoms with Crippen LogP contribution in [0.2, 0.25) is 0 Å². The lowest BCUT2D eigenvalue weighted by Crippen LogP contribution is -2.00. The average molecular weight is 420 g/mol. The number of nitrogens with zero attached hydrogens (tertiary/aromatic N) is 5. The summed E-state index contributed by atoms with van der Waals surface area (Å²) in [6.45, 7) is 0. The van der Waals surface area contributed by atoms with Crippen molar-refractivity contribution in [2.24, 2.45) is 0 Å². The van der Waals surface area contributed by atoms with E-state index >= 15 is 0 Å². The van der Waals surface area contributed by atoms with Crippen molar-refractivity contribution in [3.8, 4) is 23.1 Å². The molecular weight excluding hydrogens is 402 g/mol. The highest BCUT2D eigenvalue weighted by molar-refractivity contribution is 7.98. The van der Waals surface area contributed by atoms with Gasteiger partial charge in [-0.15, -0.1) is 0 Å². The predicted octanol–water partition coefficient (Wildman–Crippen LogP) is 5.65. The van der Waals surface area contributed by atoms with Crippen LogP contribution >= 0.6 is 11.8 Å². The Morgan fingerprint density at radius 1 is 0.774 bits per heavy atom.